The summed E-state index contributed by atoms with van der Waals surface area (Å²) < 4.78 is 5.20. The number of thioether (sulfide) groups is 1. The van der Waals surface area contributed by atoms with Crippen LogP contribution in [0.25, 0.3) is 6.08 Å². The average Bonchev–Trinajstić information content (AvgIpc) is 3.02. The fourth-order valence-corrected chi connectivity index (χ4v) is 4.22. The summed E-state index contributed by atoms with van der Waals surface area (Å²) in [6, 6.07) is 13.4. The number of anilines is 1. The Morgan fingerprint density at radius 1 is 1.19 bits per heavy atom. The van der Waals surface area contributed by atoms with Crippen LogP contribution in [0, 0.1) is 13.8 Å². The molecule has 2 aromatic carbocycles. The molecule has 0 radical (unpaired) electrons. The first-order valence-corrected chi connectivity index (χ1v) is 11.0. The van der Waals surface area contributed by atoms with Gasteiger partial charge in [-0.15, -0.1) is 0 Å². The van der Waals surface area contributed by atoms with Crippen molar-refractivity contribution in [3.8, 4) is 5.75 Å². The highest BCUT2D eigenvalue weighted by molar-refractivity contribution is 8.15. The van der Waals surface area contributed by atoms with Crippen molar-refractivity contribution < 1.29 is 14.3 Å². The van der Waals surface area contributed by atoms with Crippen molar-refractivity contribution in [2.45, 2.75) is 32.9 Å². The Kier molecular flexibility index (Phi) is 7.17. The maximum atomic E-state index is 13.3. The van der Waals surface area contributed by atoms with Crippen molar-refractivity contribution in [3.05, 3.63) is 64.9 Å². The van der Waals surface area contributed by atoms with Gasteiger partial charge in [-0.25, -0.2) is 4.99 Å². The van der Waals surface area contributed by atoms with Crippen LogP contribution in [-0.2, 0) is 9.59 Å². The van der Waals surface area contributed by atoms with Gasteiger partial charge in [-0.3, -0.25) is 14.5 Å². The van der Waals surface area contributed by atoms with E-state index in [-0.39, 0.29) is 17.1 Å². The molecule has 0 saturated heterocycles. The molecule has 2 amide bonds. The second-order valence-corrected chi connectivity index (χ2v) is 8.65. The van der Waals surface area contributed by atoms with E-state index >= 15 is 0 Å². The fourth-order valence-electron chi connectivity index (χ4n) is 3.27. The molecule has 1 atom stereocenters. The maximum absolute atomic E-state index is 13.3. The zero-order chi connectivity index (χ0) is 22.5. The number of aliphatic imine (C=N–C) groups is 1. The van der Waals surface area contributed by atoms with Crippen molar-refractivity contribution in [2.24, 2.45) is 4.99 Å². The van der Waals surface area contributed by atoms with Crippen LogP contribution in [0.4, 0.5) is 5.69 Å². The van der Waals surface area contributed by atoms with Crippen LogP contribution < -0.4 is 15.0 Å². The van der Waals surface area contributed by atoms with Gasteiger partial charge in [0.1, 0.15) is 11.4 Å². The lowest BCUT2D eigenvalue weighted by Gasteiger charge is -2.20. The minimum Gasteiger partial charge on any atom is -0.497 e. The lowest BCUT2D eigenvalue weighted by atomic mass is 10.1. The Balaban J connectivity index is 1.99. The average molecular weight is 438 g/mol. The second kappa shape index (κ2) is 9.83. The Morgan fingerprint density at radius 2 is 1.84 bits per heavy atom. The molecule has 0 spiro atoms. The van der Waals surface area contributed by atoms with E-state index in [1.807, 2.05) is 64.1 Å². The molecule has 7 heteroatoms. The third kappa shape index (κ3) is 5.35. The number of hydrogen-bond acceptors (Lipinski definition) is 5. The number of rotatable bonds is 6. The zero-order valence-corrected chi connectivity index (χ0v) is 19.2. The summed E-state index contributed by atoms with van der Waals surface area (Å²) in [6.07, 6.45) is 1.75. The Labute approximate surface area is 187 Å². The van der Waals surface area contributed by atoms with Crippen LogP contribution >= 0.6 is 11.8 Å². The number of nitrogens with zero attached hydrogens (tertiary/aromatic N) is 2. The number of benzene rings is 2. The molecule has 1 unspecified atom stereocenters. The highest BCUT2D eigenvalue weighted by Crippen LogP contribution is 2.32. The van der Waals surface area contributed by atoms with Gasteiger partial charge in [0.15, 0.2) is 5.17 Å². The van der Waals surface area contributed by atoms with Gasteiger partial charge < -0.3 is 10.1 Å². The molecular formula is C24H27N3O3S. The van der Waals surface area contributed by atoms with E-state index in [4.69, 9.17) is 4.74 Å². The van der Waals surface area contributed by atoms with E-state index in [0.717, 1.165) is 28.1 Å². The summed E-state index contributed by atoms with van der Waals surface area (Å²) in [5.74, 6) is 0.439. The first-order valence-electron chi connectivity index (χ1n) is 10.1. The third-order valence-corrected chi connectivity index (χ3v) is 5.77. The van der Waals surface area contributed by atoms with Crippen molar-refractivity contribution in [2.75, 3.05) is 18.6 Å². The highest BCUT2D eigenvalue weighted by Gasteiger charge is 2.34. The minimum atomic E-state index is -0.389. The number of ether oxygens (including phenoxy) is 1. The van der Waals surface area contributed by atoms with E-state index in [1.165, 1.54) is 11.8 Å². The molecule has 31 heavy (non-hydrogen) atoms. The molecule has 0 saturated carbocycles. The van der Waals surface area contributed by atoms with Crippen molar-refractivity contribution in [1.29, 1.82) is 0 Å². The van der Waals surface area contributed by atoms with Crippen LogP contribution in [0.2, 0.25) is 0 Å². The van der Waals surface area contributed by atoms with E-state index in [1.54, 1.807) is 18.1 Å². The van der Waals surface area contributed by atoms with Gasteiger partial charge in [0, 0.05) is 6.54 Å². The summed E-state index contributed by atoms with van der Waals surface area (Å²) in [5.41, 5.74) is 4.02. The number of aryl methyl sites for hydroxylation is 2. The standard InChI is InChI=1S/C24H27N3O3S/c1-6-25-22(28)17(4)31-24-26-21(14-18-7-9-20(30-5)10-8-18)23(29)27(24)19-12-15(2)11-16(3)13-19/h7-14,17H,6H2,1-5H3,(H,25,28)/b21-14-. The fraction of sp³-hybridized carbons (Fsp3) is 0.292. The number of methoxy groups -OCH3 is 1. The molecule has 1 aliphatic heterocycles. The molecule has 0 aromatic heterocycles. The first kappa shape index (κ1) is 22.6. The lowest BCUT2D eigenvalue weighted by Crippen LogP contribution is -2.35. The first-order chi connectivity index (χ1) is 14.8. The summed E-state index contributed by atoms with van der Waals surface area (Å²) in [5, 5.41) is 2.93. The molecule has 0 aliphatic carbocycles. The topological polar surface area (TPSA) is 71.0 Å². The normalized spacial score (nSPS) is 15.8. The van der Waals surface area contributed by atoms with Crippen molar-refractivity contribution >= 4 is 40.5 Å². The summed E-state index contributed by atoms with van der Waals surface area (Å²) in [7, 11) is 1.61. The monoisotopic (exact) mass is 437 g/mol. The van der Waals surface area contributed by atoms with Gasteiger partial charge in [-0.2, -0.15) is 0 Å². The van der Waals surface area contributed by atoms with Gasteiger partial charge in [0.2, 0.25) is 5.91 Å². The smallest absolute Gasteiger partial charge is 0.283 e. The third-order valence-electron chi connectivity index (χ3n) is 4.72. The largest absolute Gasteiger partial charge is 0.497 e. The Morgan fingerprint density at radius 3 is 2.42 bits per heavy atom. The van der Waals surface area contributed by atoms with Crippen LogP contribution in [0.15, 0.2) is 53.2 Å². The van der Waals surface area contributed by atoms with Gasteiger partial charge >= 0.3 is 0 Å². The number of amides is 2. The van der Waals surface area contributed by atoms with Crippen LogP contribution in [0.1, 0.15) is 30.5 Å². The van der Waals surface area contributed by atoms with E-state index in [2.05, 4.69) is 16.4 Å². The van der Waals surface area contributed by atoms with Gasteiger partial charge in [-0.1, -0.05) is 30.0 Å². The zero-order valence-electron chi connectivity index (χ0n) is 18.4. The quantitative estimate of drug-likeness (QED) is 0.684. The summed E-state index contributed by atoms with van der Waals surface area (Å²) >= 11 is 1.28. The predicted octanol–water partition coefficient (Wildman–Crippen LogP) is 4.31. The highest BCUT2D eigenvalue weighted by atomic mass is 32.2. The maximum Gasteiger partial charge on any atom is 0.283 e. The lowest BCUT2D eigenvalue weighted by molar-refractivity contribution is -0.120. The number of carbonyl (C=O) groups excluding carboxylic acids is 2. The van der Waals surface area contributed by atoms with Crippen LogP contribution in [0.5, 0.6) is 5.75 Å². The Bertz CT molecular complexity index is 1020. The molecule has 162 valence electrons. The van der Waals surface area contributed by atoms with E-state index < -0.39 is 0 Å². The van der Waals surface area contributed by atoms with Gasteiger partial charge in [0.05, 0.1) is 18.0 Å². The molecule has 6 nitrogen and oxygen atoms in total. The summed E-state index contributed by atoms with van der Waals surface area (Å²) in [4.78, 5) is 31.8. The van der Waals surface area contributed by atoms with Crippen LogP contribution in [0.3, 0.4) is 0 Å². The SMILES string of the molecule is CCNC(=O)C(C)SC1=N/C(=C\c2ccc(OC)cc2)C(=O)N1c1cc(C)cc(C)c1. The number of carbonyl (C=O) groups is 2. The molecule has 1 aliphatic rings. The minimum absolute atomic E-state index is 0.0874. The van der Waals surface area contributed by atoms with E-state index in [9.17, 15) is 9.59 Å². The molecule has 0 bridgehead atoms. The Hall–Kier alpha value is -3.06. The molecule has 1 N–H and O–H groups in total. The van der Waals surface area contributed by atoms with Crippen LogP contribution in [-0.4, -0.2) is 35.9 Å². The number of amidine groups is 1. The number of hydrogen-bond donors (Lipinski definition) is 1. The second-order valence-electron chi connectivity index (χ2n) is 7.34. The molecule has 0 fully saturated rings. The number of nitrogens with one attached hydrogen (secondary N) is 1. The molecule has 2 aromatic rings. The van der Waals surface area contributed by atoms with Gasteiger partial charge in [0.25, 0.3) is 5.91 Å². The molecular weight excluding hydrogens is 410 g/mol. The van der Waals surface area contributed by atoms with Crippen molar-refractivity contribution in [3.63, 3.8) is 0 Å². The van der Waals surface area contributed by atoms with Crippen molar-refractivity contribution in [1.82, 2.24) is 5.32 Å². The predicted molar refractivity (Wildman–Crippen MR) is 128 cm³/mol. The van der Waals surface area contributed by atoms with E-state index in [0.29, 0.717) is 17.4 Å². The van der Waals surface area contributed by atoms with Gasteiger partial charge in [-0.05, 0) is 74.7 Å². The molecule has 3 rings (SSSR count). The summed E-state index contributed by atoms with van der Waals surface area (Å²) in [6.45, 7) is 8.23. The molecule has 1 heterocycles.